The lowest BCUT2D eigenvalue weighted by Gasteiger charge is -2.31. The van der Waals surface area contributed by atoms with Crippen LogP contribution in [0.3, 0.4) is 0 Å². The molecule has 0 radical (unpaired) electrons. The summed E-state index contributed by atoms with van der Waals surface area (Å²) in [6.45, 7) is 6.89. The number of carbonyl (C=O) groups is 1. The number of halogens is 2. The van der Waals surface area contributed by atoms with Crippen molar-refractivity contribution in [2.75, 3.05) is 0 Å². The molecule has 4 nitrogen and oxygen atoms in total. The van der Waals surface area contributed by atoms with E-state index in [1.807, 2.05) is 0 Å². The predicted molar refractivity (Wildman–Crippen MR) is 72.9 cm³/mol. The molecule has 2 atom stereocenters. The maximum atomic E-state index is 13.3. The first kappa shape index (κ1) is 15.4. The molecular weight excluding hydrogens is 280 g/mol. The molecule has 0 spiro atoms. The van der Waals surface area contributed by atoms with Crippen molar-refractivity contribution in [2.45, 2.75) is 38.1 Å². The Morgan fingerprint density at radius 2 is 2.00 bits per heavy atom. The lowest BCUT2D eigenvalue weighted by molar-refractivity contribution is -0.0559. The van der Waals surface area contributed by atoms with E-state index in [0.717, 1.165) is 11.0 Å². The molecule has 0 bridgehead atoms. The highest BCUT2D eigenvalue weighted by Crippen LogP contribution is 2.34. The van der Waals surface area contributed by atoms with E-state index in [2.05, 4.69) is 6.58 Å². The van der Waals surface area contributed by atoms with Crippen LogP contribution in [0.1, 0.15) is 19.4 Å². The number of rotatable bonds is 3. The second-order valence-electron chi connectivity index (χ2n) is 5.47. The second-order valence-corrected chi connectivity index (χ2v) is 5.47. The summed E-state index contributed by atoms with van der Waals surface area (Å²) in [6, 6.07) is 2.57. The summed E-state index contributed by atoms with van der Waals surface area (Å²) in [4.78, 5) is 12.6. The summed E-state index contributed by atoms with van der Waals surface area (Å²) in [5.74, 6) is -1.39. The van der Waals surface area contributed by atoms with Gasteiger partial charge >= 0.3 is 6.09 Å². The van der Waals surface area contributed by atoms with E-state index in [1.165, 1.54) is 18.2 Å². The molecule has 0 aromatic heterocycles. The molecule has 1 N–H and O–H groups in total. The van der Waals surface area contributed by atoms with Crippen molar-refractivity contribution >= 4 is 6.09 Å². The Morgan fingerprint density at radius 3 is 2.48 bits per heavy atom. The number of ether oxygens (including phenoxy) is 1. The lowest BCUT2D eigenvalue weighted by atomic mass is 10.00. The maximum Gasteiger partial charge on any atom is 0.409 e. The molecule has 6 heteroatoms. The number of hydrogen-bond acceptors (Lipinski definition) is 2. The van der Waals surface area contributed by atoms with Crippen LogP contribution >= 0.6 is 0 Å². The molecular formula is C15H17F2NO3. The summed E-state index contributed by atoms with van der Waals surface area (Å²) >= 11 is 0. The molecule has 0 aliphatic carbocycles. The first-order chi connectivity index (χ1) is 9.74. The minimum absolute atomic E-state index is 0.140. The zero-order chi connectivity index (χ0) is 15.8. The van der Waals surface area contributed by atoms with E-state index < -0.39 is 35.6 Å². The van der Waals surface area contributed by atoms with Crippen molar-refractivity contribution in [1.82, 2.24) is 4.90 Å². The first-order valence-corrected chi connectivity index (χ1v) is 6.52. The maximum absolute atomic E-state index is 13.3. The van der Waals surface area contributed by atoms with Crippen molar-refractivity contribution in [2.24, 2.45) is 0 Å². The second kappa shape index (κ2) is 5.44. The number of benzene rings is 1. The summed E-state index contributed by atoms with van der Waals surface area (Å²) in [5.41, 5.74) is -0.654. The van der Waals surface area contributed by atoms with Crippen molar-refractivity contribution in [3.8, 4) is 0 Å². The normalized spacial score (nSPS) is 24.1. The van der Waals surface area contributed by atoms with Gasteiger partial charge in [-0.2, -0.15) is 0 Å². The van der Waals surface area contributed by atoms with E-state index in [4.69, 9.17) is 4.74 Å². The molecule has 1 aliphatic rings. The fourth-order valence-electron chi connectivity index (χ4n) is 2.77. The first-order valence-electron chi connectivity index (χ1n) is 6.52. The van der Waals surface area contributed by atoms with Crippen molar-refractivity contribution in [1.29, 1.82) is 0 Å². The van der Waals surface area contributed by atoms with E-state index in [1.54, 1.807) is 13.8 Å². The summed E-state index contributed by atoms with van der Waals surface area (Å²) in [5, 5.41) is 9.38. The standard InChI is InChI=1S/C15H17F2NO3/c1-4-13-12(18(14(19)20)15(2,3)21-13)7-9-5-10(16)8-11(17)6-9/h4-6,8,12-13H,1,7H2,2-3H3,(H,19,20)/t12-,13+/m0/s1. The van der Waals surface area contributed by atoms with Gasteiger partial charge in [0, 0.05) is 6.07 Å². The third kappa shape index (κ3) is 3.05. The van der Waals surface area contributed by atoms with Crippen molar-refractivity contribution < 1.29 is 23.4 Å². The van der Waals surface area contributed by atoms with Crippen LogP contribution in [-0.4, -0.2) is 34.0 Å². The molecule has 0 saturated carbocycles. The van der Waals surface area contributed by atoms with Crippen LogP contribution in [0.15, 0.2) is 30.9 Å². The third-order valence-corrected chi connectivity index (χ3v) is 3.52. The Balaban J connectivity index is 2.34. The highest BCUT2D eigenvalue weighted by molar-refractivity contribution is 5.67. The molecule has 1 heterocycles. The van der Waals surface area contributed by atoms with E-state index >= 15 is 0 Å². The zero-order valence-electron chi connectivity index (χ0n) is 11.8. The molecule has 1 aromatic rings. The van der Waals surface area contributed by atoms with Gasteiger partial charge in [0.15, 0.2) is 0 Å². The smallest absolute Gasteiger partial charge is 0.409 e. The average Bonchev–Trinajstić information content (AvgIpc) is 2.58. The lowest BCUT2D eigenvalue weighted by Crippen LogP contribution is -2.48. The Morgan fingerprint density at radius 1 is 1.43 bits per heavy atom. The molecule has 21 heavy (non-hydrogen) atoms. The molecule has 1 aromatic carbocycles. The number of nitrogens with zero attached hydrogens (tertiary/aromatic N) is 1. The SMILES string of the molecule is C=C[C@H]1OC(C)(C)N(C(=O)O)[C@H]1Cc1cc(F)cc(F)c1. The van der Waals surface area contributed by atoms with Gasteiger partial charge in [-0.25, -0.2) is 13.6 Å². The fraction of sp³-hybridized carbons (Fsp3) is 0.400. The van der Waals surface area contributed by atoms with Gasteiger partial charge in [0.25, 0.3) is 0 Å². The number of amides is 1. The summed E-state index contributed by atoms with van der Waals surface area (Å²) in [7, 11) is 0. The summed E-state index contributed by atoms with van der Waals surface area (Å²) < 4.78 is 32.2. The Kier molecular flexibility index (Phi) is 4.00. The Hall–Kier alpha value is -1.95. The van der Waals surface area contributed by atoms with Crippen LogP contribution in [0.4, 0.5) is 13.6 Å². The van der Waals surface area contributed by atoms with Gasteiger partial charge < -0.3 is 9.84 Å². The largest absolute Gasteiger partial charge is 0.465 e. The molecule has 1 saturated heterocycles. The van der Waals surface area contributed by atoms with E-state index in [9.17, 15) is 18.7 Å². The van der Waals surface area contributed by atoms with Gasteiger partial charge in [-0.3, -0.25) is 4.90 Å². The van der Waals surface area contributed by atoms with E-state index in [0.29, 0.717) is 5.56 Å². The quantitative estimate of drug-likeness (QED) is 0.872. The molecule has 114 valence electrons. The molecule has 0 unspecified atom stereocenters. The minimum atomic E-state index is -1.15. The molecule has 1 aliphatic heterocycles. The minimum Gasteiger partial charge on any atom is -0.465 e. The van der Waals surface area contributed by atoms with Gasteiger partial charge in [-0.1, -0.05) is 6.08 Å². The van der Waals surface area contributed by atoms with Gasteiger partial charge in [-0.15, -0.1) is 6.58 Å². The van der Waals surface area contributed by atoms with Crippen LogP contribution < -0.4 is 0 Å². The predicted octanol–water partition coefficient (Wildman–Crippen LogP) is 3.18. The molecule has 1 fully saturated rings. The van der Waals surface area contributed by atoms with Gasteiger partial charge in [-0.05, 0) is 38.0 Å². The van der Waals surface area contributed by atoms with Crippen molar-refractivity contribution in [3.63, 3.8) is 0 Å². The van der Waals surface area contributed by atoms with Crippen molar-refractivity contribution in [3.05, 3.63) is 48.1 Å². The Labute approximate surface area is 121 Å². The number of hydrogen-bond donors (Lipinski definition) is 1. The Bertz CT molecular complexity index is 554. The fourth-order valence-corrected chi connectivity index (χ4v) is 2.77. The van der Waals surface area contributed by atoms with Crippen LogP contribution in [0.2, 0.25) is 0 Å². The van der Waals surface area contributed by atoms with E-state index in [-0.39, 0.29) is 6.42 Å². The molecule has 1 amide bonds. The average molecular weight is 297 g/mol. The molecule has 2 rings (SSSR count). The van der Waals surface area contributed by atoms with Gasteiger partial charge in [0.05, 0.1) is 12.1 Å². The third-order valence-electron chi connectivity index (χ3n) is 3.52. The van der Waals surface area contributed by atoms with Gasteiger partial charge in [0.1, 0.15) is 17.4 Å². The van der Waals surface area contributed by atoms with Crippen LogP contribution in [0.5, 0.6) is 0 Å². The zero-order valence-corrected chi connectivity index (χ0v) is 11.8. The van der Waals surface area contributed by atoms with Crippen LogP contribution in [0.25, 0.3) is 0 Å². The number of carboxylic acid groups (broad SMARTS) is 1. The summed E-state index contributed by atoms with van der Waals surface area (Å²) in [6.07, 6.45) is -0.0415. The topological polar surface area (TPSA) is 49.8 Å². The van der Waals surface area contributed by atoms with Crippen LogP contribution in [-0.2, 0) is 11.2 Å². The van der Waals surface area contributed by atoms with Crippen LogP contribution in [0, 0.1) is 11.6 Å². The van der Waals surface area contributed by atoms with Gasteiger partial charge in [0.2, 0.25) is 0 Å². The highest BCUT2D eigenvalue weighted by atomic mass is 19.1. The monoisotopic (exact) mass is 297 g/mol. The highest BCUT2D eigenvalue weighted by Gasteiger charge is 2.48.